The van der Waals surface area contributed by atoms with Crippen molar-refractivity contribution in [3.8, 4) is 5.75 Å². The molecule has 26 heavy (non-hydrogen) atoms. The van der Waals surface area contributed by atoms with Gasteiger partial charge in [-0.3, -0.25) is 19.6 Å². The van der Waals surface area contributed by atoms with Crippen molar-refractivity contribution in [1.82, 2.24) is 9.78 Å². The number of rotatable bonds is 6. The number of hydrogen-bond acceptors (Lipinski definition) is 6. The maximum atomic E-state index is 12.4. The smallest absolute Gasteiger partial charge is 0.331 e. The van der Waals surface area contributed by atoms with Crippen LogP contribution in [0.25, 0.3) is 0 Å². The second-order valence-corrected chi connectivity index (χ2v) is 6.07. The SMILES string of the molecule is COc1cc(C(=O)Nc2cnn(C(C)(C)C(=O)O)c2)cc([N+](=O)[O-])c1C. The molecular formula is C16H18N4O6. The predicted octanol–water partition coefficient (Wildman–Crippen LogP) is 2.18. The molecule has 0 aliphatic rings. The summed E-state index contributed by atoms with van der Waals surface area (Å²) < 4.78 is 6.28. The molecule has 0 bridgehead atoms. The largest absolute Gasteiger partial charge is 0.496 e. The van der Waals surface area contributed by atoms with E-state index in [1.807, 2.05) is 0 Å². The summed E-state index contributed by atoms with van der Waals surface area (Å²) in [5, 5.41) is 26.8. The second kappa shape index (κ2) is 6.82. The highest BCUT2D eigenvalue weighted by Gasteiger charge is 2.30. The lowest BCUT2D eigenvalue weighted by Gasteiger charge is -2.19. The Kier molecular flexibility index (Phi) is 4.96. The van der Waals surface area contributed by atoms with E-state index in [-0.39, 0.29) is 22.7 Å². The van der Waals surface area contributed by atoms with Gasteiger partial charge in [-0.2, -0.15) is 5.10 Å². The average molecular weight is 362 g/mol. The van der Waals surface area contributed by atoms with Crippen LogP contribution in [0, 0.1) is 17.0 Å². The maximum Gasteiger partial charge on any atom is 0.331 e. The van der Waals surface area contributed by atoms with Gasteiger partial charge in [0, 0.05) is 12.3 Å². The minimum atomic E-state index is -1.30. The molecule has 0 atom stereocenters. The average Bonchev–Trinajstić information content (AvgIpc) is 3.03. The van der Waals surface area contributed by atoms with Crippen molar-refractivity contribution < 1.29 is 24.4 Å². The number of nitrogens with one attached hydrogen (secondary N) is 1. The fourth-order valence-electron chi connectivity index (χ4n) is 2.20. The van der Waals surface area contributed by atoms with Crippen LogP contribution < -0.4 is 10.1 Å². The number of benzene rings is 1. The van der Waals surface area contributed by atoms with Crippen LogP contribution in [-0.4, -0.2) is 38.8 Å². The predicted molar refractivity (Wildman–Crippen MR) is 91.5 cm³/mol. The normalized spacial score (nSPS) is 11.1. The lowest BCUT2D eigenvalue weighted by molar-refractivity contribution is -0.385. The van der Waals surface area contributed by atoms with Gasteiger partial charge in [-0.25, -0.2) is 4.79 Å². The first-order valence-electron chi connectivity index (χ1n) is 7.51. The molecule has 2 aromatic rings. The minimum Gasteiger partial charge on any atom is -0.496 e. The van der Waals surface area contributed by atoms with E-state index in [1.54, 1.807) is 0 Å². The number of methoxy groups -OCH3 is 1. The van der Waals surface area contributed by atoms with Gasteiger partial charge in [-0.05, 0) is 26.8 Å². The number of hydrogen-bond donors (Lipinski definition) is 2. The molecule has 10 nitrogen and oxygen atoms in total. The van der Waals surface area contributed by atoms with Crippen LogP contribution in [0.2, 0.25) is 0 Å². The van der Waals surface area contributed by atoms with Gasteiger partial charge in [0.15, 0.2) is 5.54 Å². The van der Waals surface area contributed by atoms with E-state index in [9.17, 15) is 24.8 Å². The monoisotopic (exact) mass is 362 g/mol. The number of carboxylic acids is 1. The minimum absolute atomic E-state index is 0.0318. The third kappa shape index (κ3) is 3.48. The highest BCUT2D eigenvalue weighted by atomic mass is 16.6. The van der Waals surface area contributed by atoms with Gasteiger partial charge in [0.05, 0.1) is 35.0 Å². The molecule has 0 saturated carbocycles. The van der Waals surface area contributed by atoms with Gasteiger partial charge in [0.2, 0.25) is 0 Å². The molecule has 0 spiro atoms. The molecular weight excluding hydrogens is 344 g/mol. The van der Waals surface area contributed by atoms with Crippen molar-refractivity contribution in [3.05, 3.63) is 45.8 Å². The van der Waals surface area contributed by atoms with E-state index >= 15 is 0 Å². The molecule has 1 heterocycles. The Morgan fingerprint density at radius 2 is 2.04 bits per heavy atom. The van der Waals surface area contributed by atoms with Gasteiger partial charge in [0.1, 0.15) is 5.75 Å². The standard InChI is InChI=1S/C16H18N4O6/c1-9-12(20(24)25)5-10(6-13(9)26-4)14(21)18-11-7-17-19(8-11)16(2,3)15(22)23/h5-8H,1-4H3,(H,18,21)(H,22,23). The number of nitro benzene ring substituents is 1. The zero-order valence-corrected chi connectivity index (χ0v) is 14.6. The molecule has 0 fully saturated rings. The first-order valence-corrected chi connectivity index (χ1v) is 7.51. The van der Waals surface area contributed by atoms with E-state index in [4.69, 9.17) is 4.74 Å². The summed E-state index contributed by atoms with van der Waals surface area (Å²) in [6, 6.07) is 2.54. The summed E-state index contributed by atoms with van der Waals surface area (Å²) >= 11 is 0. The lowest BCUT2D eigenvalue weighted by atomic mass is 10.1. The maximum absolute atomic E-state index is 12.4. The summed E-state index contributed by atoms with van der Waals surface area (Å²) in [7, 11) is 1.35. The number of carbonyl (C=O) groups is 2. The summed E-state index contributed by atoms with van der Waals surface area (Å²) in [4.78, 5) is 34.2. The van der Waals surface area contributed by atoms with Gasteiger partial charge in [-0.1, -0.05) is 0 Å². The molecule has 0 unspecified atom stereocenters. The molecule has 1 aromatic heterocycles. The Labute approximate surface area is 148 Å². The van der Waals surface area contributed by atoms with Crippen molar-refractivity contribution >= 4 is 23.3 Å². The second-order valence-electron chi connectivity index (χ2n) is 6.07. The molecule has 1 amide bonds. The lowest BCUT2D eigenvalue weighted by Crippen LogP contribution is -2.35. The number of nitro groups is 1. The number of anilines is 1. The fourth-order valence-corrected chi connectivity index (χ4v) is 2.20. The molecule has 138 valence electrons. The fraction of sp³-hybridized carbons (Fsp3) is 0.312. The number of aliphatic carboxylic acids is 1. The van der Waals surface area contributed by atoms with Crippen molar-refractivity contribution in [3.63, 3.8) is 0 Å². The van der Waals surface area contributed by atoms with Crippen LogP contribution in [0.1, 0.15) is 29.8 Å². The van der Waals surface area contributed by atoms with Gasteiger partial charge in [-0.15, -0.1) is 0 Å². The Balaban J connectivity index is 2.31. The van der Waals surface area contributed by atoms with E-state index < -0.39 is 22.3 Å². The third-order valence-electron chi connectivity index (χ3n) is 3.95. The Morgan fingerprint density at radius 3 is 2.58 bits per heavy atom. The zero-order chi connectivity index (χ0) is 19.6. The number of carboxylic acid groups (broad SMARTS) is 1. The van der Waals surface area contributed by atoms with E-state index in [1.165, 1.54) is 51.0 Å². The summed E-state index contributed by atoms with van der Waals surface area (Å²) in [6.45, 7) is 4.45. The first kappa shape index (κ1) is 18.9. The van der Waals surface area contributed by atoms with Crippen LogP contribution in [0.15, 0.2) is 24.5 Å². The topological polar surface area (TPSA) is 137 Å². The highest BCUT2D eigenvalue weighted by Crippen LogP contribution is 2.29. The molecule has 0 saturated heterocycles. The summed E-state index contributed by atoms with van der Waals surface area (Å²) in [5.74, 6) is -1.48. The van der Waals surface area contributed by atoms with Crippen molar-refractivity contribution in [1.29, 1.82) is 0 Å². The third-order valence-corrected chi connectivity index (χ3v) is 3.95. The molecule has 0 aliphatic heterocycles. The summed E-state index contributed by atoms with van der Waals surface area (Å²) in [6.07, 6.45) is 2.66. The van der Waals surface area contributed by atoms with E-state index in [0.717, 1.165) is 6.07 Å². The highest BCUT2D eigenvalue weighted by molar-refractivity contribution is 6.05. The van der Waals surface area contributed by atoms with Crippen LogP contribution in [0.4, 0.5) is 11.4 Å². The number of aromatic nitrogens is 2. The van der Waals surface area contributed by atoms with Crippen LogP contribution in [0.3, 0.4) is 0 Å². The van der Waals surface area contributed by atoms with Crippen LogP contribution in [0.5, 0.6) is 5.75 Å². The van der Waals surface area contributed by atoms with Gasteiger partial charge in [0.25, 0.3) is 11.6 Å². The van der Waals surface area contributed by atoms with Crippen molar-refractivity contribution in [2.24, 2.45) is 0 Å². The van der Waals surface area contributed by atoms with Crippen LogP contribution in [-0.2, 0) is 10.3 Å². The molecule has 0 radical (unpaired) electrons. The first-order chi connectivity index (χ1) is 12.1. The van der Waals surface area contributed by atoms with Gasteiger partial charge < -0.3 is 15.2 Å². The quantitative estimate of drug-likeness (QED) is 0.593. The Morgan fingerprint density at radius 1 is 1.38 bits per heavy atom. The summed E-state index contributed by atoms with van der Waals surface area (Å²) in [5.41, 5.74) is -0.937. The Hall–Kier alpha value is -3.43. The van der Waals surface area contributed by atoms with Gasteiger partial charge >= 0.3 is 5.97 Å². The zero-order valence-electron chi connectivity index (χ0n) is 14.6. The molecule has 2 N–H and O–H groups in total. The Bertz CT molecular complexity index is 887. The number of amides is 1. The van der Waals surface area contributed by atoms with E-state index in [0.29, 0.717) is 5.56 Å². The number of nitrogens with zero attached hydrogens (tertiary/aromatic N) is 3. The molecule has 1 aromatic carbocycles. The van der Waals surface area contributed by atoms with E-state index in [2.05, 4.69) is 10.4 Å². The number of carbonyl (C=O) groups excluding carboxylic acids is 1. The van der Waals surface area contributed by atoms with Crippen molar-refractivity contribution in [2.75, 3.05) is 12.4 Å². The van der Waals surface area contributed by atoms with Crippen molar-refractivity contribution in [2.45, 2.75) is 26.3 Å². The molecule has 0 aliphatic carbocycles. The molecule has 2 rings (SSSR count). The number of ether oxygens (including phenoxy) is 1. The van der Waals surface area contributed by atoms with Crippen LogP contribution >= 0.6 is 0 Å². The molecule has 10 heteroatoms.